The molecule has 84 valence electrons. The van der Waals surface area contributed by atoms with E-state index >= 15 is 0 Å². The van der Waals surface area contributed by atoms with Gasteiger partial charge in [0.2, 0.25) is 0 Å². The van der Waals surface area contributed by atoms with Crippen LogP contribution in [0, 0.1) is 5.82 Å². The number of hydrogen-bond acceptors (Lipinski definition) is 1. The van der Waals surface area contributed by atoms with Gasteiger partial charge in [-0.3, -0.25) is 0 Å². The Balaban J connectivity index is 3.38. The van der Waals surface area contributed by atoms with Crippen molar-refractivity contribution in [3.63, 3.8) is 0 Å². The SMILES string of the molecule is Fc1cc(C(F)F)nc(C(F)(F)F)c1Br. The van der Waals surface area contributed by atoms with Gasteiger partial charge in [0.1, 0.15) is 11.5 Å². The summed E-state index contributed by atoms with van der Waals surface area (Å²) in [6, 6.07) is 0.254. The first-order valence-corrected chi connectivity index (χ1v) is 4.24. The van der Waals surface area contributed by atoms with Crippen molar-refractivity contribution in [2.75, 3.05) is 0 Å². The van der Waals surface area contributed by atoms with E-state index in [4.69, 9.17) is 0 Å². The van der Waals surface area contributed by atoms with E-state index in [-0.39, 0.29) is 6.07 Å². The van der Waals surface area contributed by atoms with Crippen LogP contribution < -0.4 is 0 Å². The number of halogens is 7. The molecular formula is C7H2BrF6N. The quantitative estimate of drug-likeness (QED) is 0.715. The summed E-state index contributed by atoms with van der Waals surface area (Å²) >= 11 is 2.30. The molecule has 0 spiro atoms. The van der Waals surface area contributed by atoms with Gasteiger partial charge in [0.05, 0.1) is 4.47 Å². The van der Waals surface area contributed by atoms with Crippen LogP contribution in [0.15, 0.2) is 10.5 Å². The van der Waals surface area contributed by atoms with Crippen LogP contribution in [0.5, 0.6) is 0 Å². The second-order valence-corrected chi connectivity index (χ2v) is 3.28. The summed E-state index contributed by atoms with van der Waals surface area (Å²) in [6.45, 7) is 0. The predicted molar refractivity (Wildman–Crippen MR) is 41.9 cm³/mol. The molecule has 0 unspecified atom stereocenters. The number of aromatic nitrogens is 1. The Morgan fingerprint density at radius 1 is 1.27 bits per heavy atom. The van der Waals surface area contributed by atoms with Crippen molar-refractivity contribution >= 4 is 15.9 Å². The minimum absolute atomic E-state index is 0.254. The Hall–Kier alpha value is -0.790. The Kier molecular flexibility index (Phi) is 3.27. The fourth-order valence-electron chi connectivity index (χ4n) is 0.816. The summed E-state index contributed by atoms with van der Waals surface area (Å²) in [5.74, 6) is -1.42. The van der Waals surface area contributed by atoms with Gasteiger partial charge >= 0.3 is 6.18 Å². The number of rotatable bonds is 1. The van der Waals surface area contributed by atoms with Gasteiger partial charge in [-0.1, -0.05) is 0 Å². The van der Waals surface area contributed by atoms with Gasteiger partial charge in [-0.05, 0) is 15.9 Å². The third-order valence-corrected chi connectivity index (χ3v) is 2.18. The topological polar surface area (TPSA) is 12.9 Å². The first kappa shape index (κ1) is 12.3. The molecule has 0 N–H and O–H groups in total. The molecule has 0 aliphatic carbocycles. The fraction of sp³-hybridized carbons (Fsp3) is 0.286. The van der Waals surface area contributed by atoms with Crippen molar-refractivity contribution in [3.05, 3.63) is 27.7 Å². The maximum atomic E-state index is 12.8. The van der Waals surface area contributed by atoms with Gasteiger partial charge in [-0.2, -0.15) is 13.2 Å². The van der Waals surface area contributed by atoms with Gasteiger partial charge in [-0.25, -0.2) is 18.2 Å². The van der Waals surface area contributed by atoms with Crippen molar-refractivity contribution in [2.24, 2.45) is 0 Å². The summed E-state index contributed by atoms with van der Waals surface area (Å²) in [5.41, 5.74) is -2.94. The lowest BCUT2D eigenvalue weighted by atomic mass is 10.3. The second-order valence-electron chi connectivity index (χ2n) is 2.49. The smallest absolute Gasteiger partial charge is 0.241 e. The van der Waals surface area contributed by atoms with E-state index in [1.165, 1.54) is 0 Å². The van der Waals surface area contributed by atoms with Crippen LogP contribution in [0.25, 0.3) is 0 Å². The zero-order valence-electron chi connectivity index (χ0n) is 6.75. The molecule has 0 saturated carbocycles. The molecule has 0 atom stereocenters. The van der Waals surface area contributed by atoms with Crippen molar-refractivity contribution in [1.82, 2.24) is 4.98 Å². The van der Waals surface area contributed by atoms with Crippen LogP contribution in [-0.4, -0.2) is 4.98 Å². The van der Waals surface area contributed by atoms with E-state index in [1.54, 1.807) is 0 Å². The zero-order valence-corrected chi connectivity index (χ0v) is 8.33. The molecular weight excluding hydrogens is 292 g/mol. The Labute approximate surface area is 88.2 Å². The molecule has 0 fully saturated rings. The normalized spacial score (nSPS) is 12.3. The Bertz CT molecular complexity index is 374. The lowest BCUT2D eigenvalue weighted by Gasteiger charge is -2.10. The molecule has 0 radical (unpaired) electrons. The van der Waals surface area contributed by atoms with Crippen molar-refractivity contribution in [3.8, 4) is 0 Å². The molecule has 8 heteroatoms. The molecule has 15 heavy (non-hydrogen) atoms. The third-order valence-electron chi connectivity index (χ3n) is 1.43. The van der Waals surface area contributed by atoms with Gasteiger partial charge in [0, 0.05) is 6.07 Å². The van der Waals surface area contributed by atoms with Crippen LogP contribution in [0.2, 0.25) is 0 Å². The van der Waals surface area contributed by atoms with Crippen molar-refractivity contribution in [1.29, 1.82) is 0 Å². The molecule has 1 aromatic rings. The van der Waals surface area contributed by atoms with E-state index in [9.17, 15) is 26.3 Å². The molecule has 0 aliphatic heterocycles. The number of alkyl halides is 5. The van der Waals surface area contributed by atoms with Gasteiger partial charge in [0.15, 0.2) is 5.69 Å². The Morgan fingerprint density at radius 2 is 1.80 bits per heavy atom. The summed E-state index contributed by atoms with van der Waals surface area (Å²) in [7, 11) is 0. The maximum Gasteiger partial charge on any atom is 0.434 e. The van der Waals surface area contributed by atoms with E-state index in [2.05, 4.69) is 20.9 Å². The average molecular weight is 294 g/mol. The highest BCUT2D eigenvalue weighted by Crippen LogP contribution is 2.36. The summed E-state index contributed by atoms with van der Waals surface area (Å²) in [5, 5.41) is 0. The van der Waals surface area contributed by atoms with E-state index in [0.29, 0.717) is 0 Å². The summed E-state index contributed by atoms with van der Waals surface area (Å²) < 4.78 is 72.4. The lowest BCUT2D eigenvalue weighted by molar-refractivity contribution is -0.142. The van der Waals surface area contributed by atoms with E-state index in [0.717, 1.165) is 0 Å². The average Bonchev–Trinajstić information content (AvgIpc) is 2.06. The molecule has 1 rings (SSSR count). The standard InChI is InChI=1S/C7H2BrF6N/c8-4-2(9)1-3(6(10)11)15-5(4)7(12,13)14/h1,6H. The van der Waals surface area contributed by atoms with E-state index < -0.39 is 34.3 Å². The van der Waals surface area contributed by atoms with Gasteiger partial charge < -0.3 is 0 Å². The second kappa shape index (κ2) is 3.99. The number of pyridine rings is 1. The number of nitrogens with zero attached hydrogens (tertiary/aromatic N) is 1. The highest BCUT2D eigenvalue weighted by atomic mass is 79.9. The molecule has 0 saturated heterocycles. The molecule has 0 aromatic carbocycles. The highest BCUT2D eigenvalue weighted by Gasteiger charge is 2.37. The maximum absolute atomic E-state index is 12.8. The van der Waals surface area contributed by atoms with E-state index in [1.807, 2.05) is 0 Å². The first-order chi connectivity index (χ1) is 6.73. The molecule has 0 bridgehead atoms. The molecule has 0 aliphatic rings. The van der Waals surface area contributed by atoms with Gasteiger partial charge in [0.25, 0.3) is 6.43 Å². The molecule has 1 aromatic heterocycles. The predicted octanol–water partition coefficient (Wildman–Crippen LogP) is 3.94. The first-order valence-electron chi connectivity index (χ1n) is 3.44. The van der Waals surface area contributed by atoms with Crippen molar-refractivity contribution < 1.29 is 26.3 Å². The van der Waals surface area contributed by atoms with Crippen LogP contribution in [0.4, 0.5) is 26.3 Å². The molecule has 1 nitrogen and oxygen atoms in total. The van der Waals surface area contributed by atoms with Crippen LogP contribution in [0.3, 0.4) is 0 Å². The summed E-state index contributed by atoms with van der Waals surface area (Å²) in [4.78, 5) is 2.64. The lowest BCUT2D eigenvalue weighted by Crippen LogP contribution is -2.12. The highest BCUT2D eigenvalue weighted by molar-refractivity contribution is 9.10. The summed E-state index contributed by atoms with van der Waals surface area (Å²) in [6.07, 6.45) is -8.24. The minimum atomic E-state index is -4.98. The Morgan fingerprint density at radius 3 is 2.20 bits per heavy atom. The largest absolute Gasteiger partial charge is 0.434 e. The van der Waals surface area contributed by atoms with Gasteiger partial charge in [-0.15, -0.1) is 0 Å². The van der Waals surface area contributed by atoms with Crippen molar-refractivity contribution in [2.45, 2.75) is 12.6 Å². The number of hydrogen-bond donors (Lipinski definition) is 0. The van der Waals surface area contributed by atoms with Crippen LogP contribution >= 0.6 is 15.9 Å². The van der Waals surface area contributed by atoms with Crippen LogP contribution in [0.1, 0.15) is 17.8 Å². The monoisotopic (exact) mass is 293 g/mol. The van der Waals surface area contributed by atoms with Crippen LogP contribution in [-0.2, 0) is 6.18 Å². The third kappa shape index (κ3) is 2.61. The molecule has 1 heterocycles. The minimum Gasteiger partial charge on any atom is -0.241 e. The molecule has 0 amide bonds. The zero-order chi connectivity index (χ0) is 11.8. The fourth-order valence-corrected chi connectivity index (χ4v) is 1.24.